The molecule has 0 bridgehead atoms. The number of allylic oxidation sites excluding steroid dienone is 3. The number of phosphoric acid groups is 1. The van der Waals surface area contributed by atoms with Crippen molar-refractivity contribution in [1.82, 2.24) is 5.32 Å². The average Bonchev–Trinajstić information content (AvgIpc) is 3.15. The van der Waals surface area contributed by atoms with E-state index in [1.165, 1.54) is 161 Å². The summed E-state index contributed by atoms with van der Waals surface area (Å²) in [5, 5.41) is 13.8. The molecule has 0 rings (SSSR count). The lowest BCUT2D eigenvalue weighted by Crippen LogP contribution is -2.45. The molecular formula is C47H93N2O6P. The lowest BCUT2D eigenvalue weighted by molar-refractivity contribution is -0.870. The lowest BCUT2D eigenvalue weighted by atomic mass is 10.0. The summed E-state index contributed by atoms with van der Waals surface area (Å²) in [5.41, 5.74) is 0. The van der Waals surface area contributed by atoms with Gasteiger partial charge in [-0.1, -0.05) is 199 Å². The molecule has 2 N–H and O–H groups in total. The van der Waals surface area contributed by atoms with Gasteiger partial charge in [0.15, 0.2) is 0 Å². The monoisotopic (exact) mass is 813 g/mol. The van der Waals surface area contributed by atoms with Gasteiger partial charge in [-0.15, -0.1) is 0 Å². The van der Waals surface area contributed by atoms with Crippen molar-refractivity contribution in [2.75, 3.05) is 40.9 Å². The quantitative estimate of drug-likeness (QED) is 0.0275. The fourth-order valence-corrected chi connectivity index (χ4v) is 7.58. The van der Waals surface area contributed by atoms with Crippen molar-refractivity contribution < 1.29 is 32.9 Å². The van der Waals surface area contributed by atoms with E-state index in [2.05, 4.69) is 31.3 Å². The maximum absolute atomic E-state index is 12.9. The Morgan fingerprint density at radius 1 is 0.607 bits per heavy atom. The molecule has 0 radical (unpaired) electrons. The topological polar surface area (TPSA) is 108 Å². The minimum Gasteiger partial charge on any atom is -0.756 e. The minimum atomic E-state index is -4.59. The van der Waals surface area contributed by atoms with Crippen LogP contribution in [0.1, 0.15) is 219 Å². The van der Waals surface area contributed by atoms with Crippen molar-refractivity contribution in [3.05, 3.63) is 24.3 Å². The summed E-state index contributed by atoms with van der Waals surface area (Å²) in [6, 6.07) is -0.885. The summed E-state index contributed by atoms with van der Waals surface area (Å²) in [6.45, 7) is 4.60. The number of hydrogen-bond acceptors (Lipinski definition) is 6. The third-order valence-corrected chi connectivity index (χ3v) is 11.6. The fraction of sp³-hybridized carbons (Fsp3) is 0.894. The number of carbonyl (C=O) groups is 1. The Bertz CT molecular complexity index is 969. The van der Waals surface area contributed by atoms with Crippen LogP contribution in [-0.2, 0) is 18.4 Å². The average molecular weight is 813 g/mol. The van der Waals surface area contributed by atoms with Crippen LogP contribution in [0.15, 0.2) is 24.3 Å². The number of rotatable bonds is 43. The van der Waals surface area contributed by atoms with E-state index >= 15 is 0 Å². The second-order valence-electron chi connectivity index (χ2n) is 17.5. The van der Waals surface area contributed by atoms with E-state index in [9.17, 15) is 19.4 Å². The first kappa shape index (κ1) is 55.0. The van der Waals surface area contributed by atoms with E-state index in [0.717, 1.165) is 38.5 Å². The van der Waals surface area contributed by atoms with Crippen LogP contribution in [0.25, 0.3) is 0 Å². The van der Waals surface area contributed by atoms with E-state index in [4.69, 9.17) is 9.05 Å². The molecule has 0 aromatic rings. The Morgan fingerprint density at radius 2 is 1.02 bits per heavy atom. The highest BCUT2D eigenvalue weighted by molar-refractivity contribution is 7.45. The Labute approximate surface area is 347 Å². The van der Waals surface area contributed by atoms with Crippen LogP contribution in [0.5, 0.6) is 0 Å². The first-order chi connectivity index (χ1) is 27.0. The number of phosphoric ester groups is 1. The molecule has 0 fully saturated rings. The lowest BCUT2D eigenvalue weighted by Gasteiger charge is -2.29. The summed E-state index contributed by atoms with van der Waals surface area (Å²) in [6.07, 6.45) is 46.6. The summed E-state index contributed by atoms with van der Waals surface area (Å²) in [5.74, 6) is -0.198. The molecule has 1 amide bonds. The van der Waals surface area contributed by atoms with Gasteiger partial charge in [-0.3, -0.25) is 9.36 Å². The van der Waals surface area contributed by atoms with Crippen molar-refractivity contribution >= 4 is 13.7 Å². The van der Waals surface area contributed by atoms with Crippen LogP contribution >= 0.6 is 7.82 Å². The van der Waals surface area contributed by atoms with Crippen LogP contribution in [0.2, 0.25) is 0 Å². The maximum Gasteiger partial charge on any atom is 0.268 e. The van der Waals surface area contributed by atoms with Crippen LogP contribution in [0.3, 0.4) is 0 Å². The molecule has 9 heteroatoms. The molecule has 0 heterocycles. The molecule has 332 valence electrons. The molecule has 1 unspecified atom stereocenters. The van der Waals surface area contributed by atoms with Gasteiger partial charge in [-0.25, -0.2) is 0 Å². The zero-order chi connectivity index (χ0) is 41.4. The maximum atomic E-state index is 12.9. The largest absolute Gasteiger partial charge is 0.756 e. The number of unbranched alkanes of at least 4 members (excludes halogenated alkanes) is 28. The molecule has 0 saturated carbocycles. The van der Waals surface area contributed by atoms with Gasteiger partial charge in [0.25, 0.3) is 7.82 Å². The second-order valence-corrected chi connectivity index (χ2v) is 18.9. The number of quaternary nitrogens is 1. The summed E-state index contributed by atoms with van der Waals surface area (Å²) < 4.78 is 23.2. The van der Waals surface area contributed by atoms with Gasteiger partial charge in [0.2, 0.25) is 5.91 Å². The number of nitrogens with one attached hydrogen (secondary N) is 1. The van der Waals surface area contributed by atoms with Crippen LogP contribution in [-0.4, -0.2) is 68.5 Å². The summed E-state index contributed by atoms with van der Waals surface area (Å²) in [7, 11) is 1.26. The minimum absolute atomic E-state index is 0.000752. The number of nitrogens with zero attached hydrogens (tertiary/aromatic N) is 1. The van der Waals surface area contributed by atoms with E-state index in [-0.39, 0.29) is 19.1 Å². The zero-order valence-electron chi connectivity index (χ0n) is 37.6. The summed E-state index contributed by atoms with van der Waals surface area (Å²) >= 11 is 0. The molecule has 0 aliphatic rings. The predicted molar refractivity (Wildman–Crippen MR) is 238 cm³/mol. The smallest absolute Gasteiger partial charge is 0.268 e. The highest BCUT2D eigenvalue weighted by atomic mass is 31.2. The van der Waals surface area contributed by atoms with Crippen molar-refractivity contribution in [2.24, 2.45) is 0 Å². The number of hydrogen-bond donors (Lipinski definition) is 2. The van der Waals surface area contributed by atoms with Crippen LogP contribution in [0.4, 0.5) is 0 Å². The van der Waals surface area contributed by atoms with Gasteiger partial charge < -0.3 is 28.8 Å². The molecule has 0 aliphatic carbocycles. The molecule has 0 saturated heterocycles. The van der Waals surface area contributed by atoms with E-state index in [1.54, 1.807) is 6.08 Å². The molecule has 0 aliphatic heterocycles. The molecular weight excluding hydrogens is 719 g/mol. The number of amides is 1. The van der Waals surface area contributed by atoms with E-state index in [1.807, 2.05) is 27.2 Å². The zero-order valence-corrected chi connectivity index (χ0v) is 38.5. The van der Waals surface area contributed by atoms with Crippen molar-refractivity contribution in [1.29, 1.82) is 0 Å². The Kier molecular flexibility index (Phi) is 38.7. The van der Waals surface area contributed by atoms with Gasteiger partial charge in [0, 0.05) is 6.42 Å². The fourth-order valence-electron chi connectivity index (χ4n) is 6.86. The highest BCUT2D eigenvalue weighted by Gasteiger charge is 2.23. The first-order valence-corrected chi connectivity index (χ1v) is 25.2. The molecule has 56 heavy (non-hydrogen) atoms. The summed E-state index contributed by atoms with van der Waals surface area (Å²) in [4.78, 5) is 25.3. The standard InChI is InChI=1S/C47H93N2O6P/c1-6-8-10-12-14-16-18-20-21-22-23-24-25-26-27-29-31-33-35-37-39-41-47(51)48-45(44-55-56(52,53)54-43-42-49(3,4)5)46(50)40-38-36-34-32-30-28-19-17-15-13-11-9-7-2/h11,13,38,40,45-46,50H,6-10,12,14-37,39,41-44H2,1-5H3,(H-,48,51,52,53)/b13-11-,40-38+/t45-,46+/m0/s1. The highest BCUT2D eigenvalue weighted by Crippen LogP contribution is 2.38. The Morgan fingerprint density at radius 3 is 1.46 bits per heavy atom. The molecule has 0 aromatic heterocycles. The van der Waals surface area contributed by atoms with Crippen molar-refractivity contribution in [2.45, 2.75) is 231 Å². The van der Waals surface area contributed by atoms with Gasteiger partial charge in [-0.05, 0) is 38.5 Å². The molecule has 8 nitrogen and oxygen atoms in total. The van der Waals surface area contributed by atoms with E-state index in [0.29, 0.717) is 17.4 Å². The number of aliphatic hydroxyl groups excluding tert-OH is 1. The number of carbonyl (C=O) groups excluding carboxylic acids is 1. The van der Waals surface area contributed by atoms with Gasteiger partial charge in [-0.2, -0.15) is 0 Å². The van der Waals surface area contributed by atoms with Gasteiger partial charge in [0.05, 0.1) is 39.9 Å². The predicted octanol–water partition coefficient (Wildman–Crippen LogP) is 12.7. The third-order valence-electron chi connectivity index (χ3n) is 10.6. The first-order valence-electron chi connectivity index (χ1n) is 23.7. The Hall–Kier alpha value is -1.02. The van der Waals surface area contributed by atoms with Crippen LogP contribution < -0.4 is 10.2 Å². The number of likely N-dealkylation sites (N-methyl/N-ethyl adjacent to an activating group) is 1. The Balaban J connectivity index is 4.28. The van der Waals surface area contributed by atoms with Gasteiger partial charge >= 0.3 is 0 Å². The number of aliphatic hydroxyl groups is 1. The normalized spacial score (nSPS) is 14.5. The van der Waals surface area contributed by atoms with Crippen molar-refractivity contribution in [3.63, 3.8) is 0 Å². The third kappa shape index (κ3) is 41.2. The SMILES string of the molecule is CCC/C=C\CCCCCCCC/C=C/[C@@H](O)[C@H](COP(=O)([O-])OCC[N+](C)(C)C)NC(=O)CCCCCCCCCCCCCCCCCCCCCCC. The van der Waals surface area contributed by atoms with E-state index < -0.39 is 20.0 Å². The van der Waals surface area contributed by atoms with Crippen LogP contribution in [0, 0.1) is 0 Å². The molecule has 0 spiro atoms. The molecule has 0 aromatic carbocycles. The molecule has 3 atom stereocenters. The van der Waals surface area contributed by atoms with Gasteiger partial charge in [0.1, 0.15) is 13.2 Å². The van der Waals surface area contributed by atoms with Crippen molar-refractivity contribution in [3.8, 4) is 0 Å². The second kappa shape index (κ2) is 39.4.